The molecule has 4 nitrogen and oxygen atoms in total. The zero-order valence-electron chi connectivity index (χ0n) is 13.8. The van der Waals surface area contributed by atoms with Crippen molar-refractivity contribution >= 4 is 33.5 Å². The predicted octanol–water partition coefficient (Wildman–Crippen LogP) is 4.37. The fourth-order valence-corrected chi connectivity index (χ4v) is 2.81. The molecular weight excluding hydrogens is 370 g/mol. The van der Waals surface area contributed by atoms with Gasteiger partial charge in [0.15, 0.2) is 6.61 Å². The molecular formula is C19H20BrNO3. The van der Waals surface area contributed by atoms with Crippen LogP contribution in [0.15, 0.2) is 46.9 Å². The topological polar surface area (TPSA) is 55.4 Å². The minimum Gasteiger partial charge on any atom is -0.452 e. The Morgan fingerprint density at radius 2 is 1.67 bits per heavy atom. The summed E-state index contributed by atoms with van der Waals surface area (Å²) in [6, 6.07) is 12.8. The number of anilines is 1. The largest absolute Gasteiger partial charge is 0.452 e. The Balaban J connectivity index is 2.00. The van der Waals surface area contributed by atoms with Crippen LogP contribution >= 0.6 is 15.9 Å². The van der Waals surface area contributed by atoms with E-state index in [9.17, 15) is 9.59 Å². The van der Waals surface area contributed by atoms with Gasteiger partial charge in [0, 0.05) is 10.2 Å². The quantitative estimate of drug-likeness (QED) is 0.746. The Bertz CT molecular complexity index is 721. The van der Waals surface area contributed by atoms with Crippen molar-refractivity contribution in [2.75, 3.05) is 11.9 Å². The van der Waals surface area contributed by atoms with E-state index in [-0.39, 0.29) is 12.5 Å². The maximum atomic E-state index is 12.2. The fourth-order valence-electron chi connectivity index (χ4n) is 2.41. The lowest BCUT2D eigenvalue weighted by atomic mass is 10.0. The van der Waals surface area contributed by atoms with E-state index >= 15 is 0 Å². The Morgan fingerprint density at radius 3 is 2.25 bits per heavy atom. The summed E-state index contributed by atoms with van der Waals surface area (Å²) in [4.78, 5) is 24.1. The monoisotopic (exact) mass is 389 g/mol. The summed E-state index contributed by atoms with van der Waals surface area (Å²) < 4.78 is 5.88. The van der Waals surface area contributed by atoms with Gasteiger partial charge in [-0.2, -0.15) is 0 Å². The third-order valence-electron chi connectivity index (χ3n) is 3.66. The van der Waals surface area contributed by atoms with Gasteiger partial charge in [-0.25, -0.2) is 4.79 Å². The number of esters is 1. The second-order valence-electron chi connectivity index (χ2n) is 5.29. The molecule has 0 saturated carbocycles. The van der Waals surface area contributed by atoms with Crippen molar-refractivity contribution in [3.63, 3.8) is 0 Å². The van der Waals surface area contributed by atoms with Crippen molar-refractivity contribution in [1.82, 2.24) is 0 Å². The highest BCUT2D eigenvalue weighted by atomic mass is 79.9. The van der Waals surface area contributed by atoms with Crippen molar-refractivity contribution in [1.29, 1.82) is 0 Å². The predicted molar refractivity (Wildman–Crippen MR) is 98.3 cm³/mol. The summed E-state index contributed by atoms with van der Waals surface area (Å²) in [6.07, 6.45) is 1.64. The van der Waals surface area contributed by atoms with Gasteiger partial charge >= 0.3 is 5.97 Å². The zero-order valence-corrected chi connectivity index (χ0v) is 15.4. The second-order valence-corrected chi connectivity index (χ2v) is 6.21. The molecule has 2 aromatic rings. The second kappa shape index (κ2) is 8.64. The van der Waals surface area contributed by atoms with E-state index in [1.54, 1.807) is 18.2 Å². The maximum Gasteiger partial charge on any atom is 0.338 e. The number of carbonyl (C=O) groups is 2. The number of amides is 1. The highest BCUT2D eigenvalue weighted by Crippen LogP contribution is 2.22. The average Bonchev–Trinajstić information content (AvgIpc) is 2.59. The molecule has 0 bridgehead atoms. The highest BCUT2D eigenvalue weighted by Gasteiger charge is 2.13. The molecule has 2 aromatic carbocycles. The highest BCUT2D eigenvalue weighted by molar-refractivity contribution is 9.10. The standard InChI is InChI=1S/C19H20BrNO3/c1-3-13-7-5-8-14(4-2)18(13)21-17(22)12-24-19(23)15-9-6-10-16(20)11-15/h5-11H,3-4,12H2,1-2H3,(H,21,22). The van der Waals surface area contributed by atoms with Crippen molar-refractivity contribution in [2.45, 2.75) is 26.7 Å². The van der Waals surface area contributed by atoms with Gasteiger partial charge in [0.05, 0.1) is 5.56 Å². The van der Waals surface area contributed by atoms with E-state index < -0.39 is 5.97 Å². The van der Waals surface area contributed by atoms with E-state index in [0.717, 1.165) is 34.1 Å². The van der Waals surface area contributed by atoms with Gasteiger partial charge < -0.3 is 10.1 Å². The third kappa shape index (κ3) is 4.68. The Labute approximate surface area is 150 Å². The Morgan fingerprint density at radius 1 is 1.04 bits per heavy atom. The van der Waals surface area contributed by atoms with E-state index in [2.05, 4.69) is 21.2 Å². The SMILES string of the molecule is CCc1cccc(CC)c1NC(=O)COC(=O)c1cccc(Br)c1. The van der Waals surface area contributed by atoms with Gasteiger partial charge in [-0.3, -0.25) is 4.79 Å². The van der Waals surface area contributed by atoms with E-state index in [0.29, 0.717) is 5.56 Å². The summed E-state index contributed by atoms with van der Waals surface area (Å²) in [6.45, 7) is 3.77. The first-order valence-electron chi connectivity index (χ1n) is 7.88. The van der Waals surface area contributed by atoms with Gasteiger partial charge in [0.2, 0.25) is 0 Å². The van der Waals surface area contributed by atoms with Crippen LogP contribution in [0.25, 0.3) is 0 Å². The number of nitrogens with one attached hydrogen (secondary N) is 1. The number of hydrogen-bond acceptors (Lipinski definition) is 3. The zero-order chi connectivity index (χ0) is 17.5. The van der Waals surface area contributed by atoms with Crippen LogP contribution in [0, 0.1) is 0 Å². The van der Waals surface area contributed by atoms with Crippen LogP contribution in [0.4, 0.5) is 5.69 Å². The summed E-state index contributed by atoms with van der Waals surface area (Å²) in [5, 5.41) is 2.87. The summed E-state index contributed by atoms with van der Waals surface area (Å²) >= 11 is 3.30. The summed E-state index contributed by atoms with van der Waals surface area (Å²) in [7, 11) is 0. The lowest BCUT2D eigenvalue weighted by molar-refractivity contribution is -0.119. The van der Waals surface area contributed by atoms with Gasteiger partial charge in [0.1, 0.15) is 0 Å². The minimum absolute atomic E-state index is 0.313. The number of carbonyl (C=O) groups excluding carboxylic acids is 2. The maximum absolute atomic E-state index is 12.2. The molecule has 24 heavy (non-hydrogen) atoms. The molecule has 2 rings (SSSR count). The molecule has 126 valence electrons. The molecule has 5 heteroatoms. The molecule has 0 aromatic heterocycles. The van der Waals surface area contributed by atoms with Crippen molar-refractivity contribution in [2.24, 2.45) is 0 Å². The van der Waals surface area contributed by atoms with Crippen molar-refractivity contribution < 1.29 is 14.3 Å². The molecule has 0 unspecified atom stereocenters. The summed E-state index contributed by atoms with van der Waals surface area (Å²) in [5.74, 6) is -0.861. The molecule has 0 aliphatic carbocycles. The number of rotatable bonds is 6. The van der Waals surface area contributed by atoms with Gasteiger partial charge in [-0.05, 0) is 42.2 Å². The van der Waals surface area contributed by atoms with Crippen LogP contribution in [0.1, 0.15) is 35.3 Å². The van der Waals surface area contributed by atoms with E-state index in [1.807, 2.05) is 38.1 Å². The first kappa shape index (κ1) is 18.2. The normalized spacial score (nSPS) is 10.3. The molecule has 0 aliphatic heterocycles. The molecule has 0 aliphatic rings. The Hall–Kier alpha value is -2.14. The lowest BCUT2D eigenvalue weighted by Crippen LogP contribution is -2.22. The van der Waals surface area contributed by atoms with Gasteiger partial charge in [-0.15, -0.1) is 0 Å². The third-order valence-corrected chi connectivity index (χ3v) is 4.15. The lowest BCUT2D eigenvalue weighted by Gasteiger charge is -2.14. The number of aryl methyl sites for hydroxylation is 2. The van der Waals surface area contributed by atoms with Crippen molar-refractivity contribution in [3.8, 4) is 0 Å². The van der Waals surface area contributed by atoms with Crippen LogP contribution in [0.5, 0.6) is 0 Å². The first-order valence-corrected chi connectivity index (χ1v) is 8.67. The van der Waals surface area contributed by atoms with E-state index in [1.165, 1.54) is 0 Å². The van der Waals surface area contributed by atoms with Gasteiger partial charge in [-0.1, -0.05) is 54.0 Å². The van der Waals surface area contributed by atoms with Crippen LogP contribution in [-0.2, 0) is 22.4 Å². The minimum atomic E-state index is -0.522. The van der Waals surface area contributed by atoms with Crippen LogP contribution in [0.2, 0.25) is 0 Å². The average molecular weight is 390 g/mol. The first-order chi connectivity index (χ1) is 11.5. The molecule has 0 spiro atoms. The molecule has 0 heterocycles. The van der Waals surface area contributed by atoms with Gasteiger partial charge in [0.25, 0.3) is 5.91 Å². The molecule has 0 saturated heterocycles. The molecule has 0 radical (unpaired) electrons. The van der Waals surface area contributed by atoms with Crippen LogP contribution in [0.3, 0.4) is 0 Å². The number of ether oxygens (including phenoxy) is 1. The van der Waals surface area contributed by atoms with Crippen molar-refractivity contribution in [3.05, 3.63) is 63.6 Å². The smallest absolute Gasteiger partial charge is 0.338 e. The number of para-hydroxylation sites is 1. The fraction of sp³-hybridized carbons (Fsp3) is 0.263. The summed E-state index contributed by atoms with van der Waals surface area (Å²) in [5.41, 5.74) is 3.37. The Kier molecular flexibility index (Phi) is 6.55. The molecule has 0 fully saturated rings. The number of benzene rings is 2. The van der Waals surface area contributed by atoms with Crippen LogP contribution in [-0.4, -0.2) is 18.5 Å². The molecule has 1 amide bonds. The molecule has 1 N–H and O–H groups in total. The van der Waals surface area contributed by atoms with E-state index in [4.69, 9.17) is 4.74 Å². The molecule has 0 atom stereocenters. The van der Waals surface area contributed by atoms with Crippen LogP contribution < -0.4 is 5.32 Å². The number of halogens is 1. The number of hydrogen-bond donors (Lipinski definition) is 1.